The van der Waals surface area contributed by atoms with E-state index in [0.717, 1.165) is 25.5 Å². The number of carbonyl (C=O) groups is 1. The van der Waals surface area contributed by atoms with E-state index in [4.69, 9.17) is 4.74 Å². The van der Waals surface area contributed by atoms with E-state index in [1.807, 2.05) is 0 Å². The van der Waals surface area contributed by atoms with Gasteiger partial charge in [0.2, 0.25) is 0 Å². The summed E-state index contributed by atoms with van der Waals surface area (Å²) in [6.07, 6.45) is 4.40. The molecular weight excluding hydrogens is 349 g/mol. The van der Waals surface area contributed by atoms with E-state index in [1.54, 1.807) is 6.07 Å². The molecule has 3 aliphatic rings. The molecule has 2 heterocycles. The van der Waals surface area contributed by atoms with Crippen molar-refractivity contribution in [2.45, 2.75) is 49.8 Å². The minimum atomic E-state index is -5.73. The Morgan fingerprint density at radius 2 is 1.92 bits per heavy atom. The van der Waals surface area contributed by atoms with Gasteiger partial charge in [-0.1, -0.05) is 25.3 Å². The Labute approximate surface area is 136 Å². The topological polar surface area (TPSA) is 87.5 Å². The Bertz CT molecular complexity index is 719. The molecule has 0 aromatic carbocycles. The van der Waals surface area contributed by atoms with Crippen LogP contribution in [-0.4, -0.2) is 36.3 Å². The van der Waals surface area contributed by atoms with E-state index in [-0.39, 0.29) is 4.31 Å². The van der Waals surface area contributed by atoms with Crippen LogP contribution in [0.3, 0.4) is 0 Å². The number of carbonyl (C=O) groups excluding carboxylic acids is 1. The average molecular weight is 364 g/mol. The fourth-order valence-electron chi connectivity index (χ4n) is 3.93. The van der Waals surface area contributed by atoms with Crippen LogP contribution in [0, 0.1) is 22.7 Å². The number of halogens is 3. The van der Waals surface area contributed by atoms with Crippen molar-refractivity contribution in [1.82, 2.24) is 4.31 Å². The number of rotatable bonds is 1. The highest BCUT2D eigenvalue weighted by molar-refractivity contribution is 7.90. The second-order valence-corrected chi connectivity index (χ2v) is 8.14. The van der Waals surface area contributed by atoms with E-state index in [2.05, 4.69) is 0 Å². The van der Waals surface area contributed by atoms with E-state index in [1.165, 1.54) is 6.08 Å². The molecule has 1 aliphatic carbocycles. The maximum Gasteiger partial charge on any atom is 0.516 e. The number of hydrogen-bond acceptors (Lipinski definition) is 5. The number of ether oxygens (including phenoxy) is 1. The third-order valence-electron chi connectivity index (χ3n) is 5.12. The van der Waals surface area contributed by atoms with Crippen molar-refractivity contribution in [3.8, 4) is 6.07 Å². The first-order valence-electron chi connectivity index (χ1n) is 7.54. The molecule has 0 radical (unpaired) electrons. The smallest absolute Gasteiger partial charge is 0.458 e. The maximum atomic E-state index is 12.8. The highest BCUT2D eigenvalue weighted by atomic mass is 32.2. The lowest BCUT2D eigenvalue weighted by molar-refractivity contribution is -0.150. The van der Waals surface area contributed by atoms with Gasteiger partial charge < -0.3 is 4.74 Å². The molecule has 0 aromatic heterocycles. The first-order valence-corrected chi connectivity index (χ1v) is 8.98. The molecule has 0 amide bonds. The molecule has 3 rings (SSSR count). The van der Waals surface area contributed by atoms with Crippen LogP contribution < -0.4 is 0 Å². The van der Waals surface area contributed by atoms with Gasteiger partial charge in [0.25, 0.3) is 0 Å². The van der Waals surface area contributed by atoms with Crippen molar-refractivity contribution < 1.29 is 31.1 Å². The summed E-state index contributed by atoms with van der Waals surface area (Å²) in [6.45, 7) is 0. The molecule has 6 nitrogen and oxygen atoms in total. The van der Waals surface area contributed by atoms with Crippen LogP contribution in [0.15, 0.2) is 12.3 Å². The minimum absolute atomic E-state index is 0.0384. The van der Waals surface area contributed by atoms with E-state index in [9.17, 15) is 31.6 Å². The fraction of sp³-hybridized carbons (Fsp3) is 0.714. The highest BCUT2D eigenvalue weighted by Gasteiger charge is 2.63. The van der Waals surface area contributed by atoms with E-state index >= 15 is 0 Å². The molecule has 3 atom stereocenters. The molecule has 3 unspecified atom stereocenters. The summed E-state index contributed by atoms with van der Waals surface area (Å²) in [5.74, 6) is -1.14. The second-order valence-electron chi connectivity index (χ2n) is 6.31. The SMILES string of the molecule is N#CC1C2OC(=O)C3(CCCCC3)C2C=CN1S(=O)(=O)C(F)(F)F. The molecule has 1 saturated carbocycles. The molecule has 2 aliphatic heterocycles. The first kappa shape index (κ1) is 17.1. The molecule has 0 N–H and O–H groups in total. The Morgan fingerprint density at radius 1 is 1.29 bits per heavy atom. The number of nitrogens with zero attached hydrogens (tertiary/aromatic N) is 2. The van der Waals surface area contributed by atoms with Gasteiger partial charge in [-0.3, -0.25) is 4.79 Å². The molecule has 24 heavy (non-hydrogen) atoms. The Kier molecular flexibility index (Phi) is 3.82. The van der Waals surface area contributed by atoms with Crippen molar-refractivity contribution in [3.05, 3.63) is 12.3 Å². The zero-order valence-corrected chi connectivity index (χ0v) is 13.3. The molecule has 0 bridgehead atoms. The van der Waals surface area contributed by atoms with E-state index in [0.29, 0.717) is 12.8 Å². The normalized spacial score (nSPS) is 32.3. The zero-order valence-electron chi connectivity index (χ0n) is 12.5. The lowest BCUT2D eigenvalue weighted by atomic mass is 9.64. The van der Waals surface area contributed by atoms with Gasteiger partial charge in [-0.05, 0) is 12.8 Å². The standard InChI is InChI=1S/C14H15F3N2O4S/c15-14(16,17)24(21,22)19-7-4-9-11(10(19)8-18)23-12(20)13(9)5-2-1-3-6-13/h4,7,9-11H,1-3,5-6H2. The van der Waals surface area contributed by atoms with Crippen LogP contribution in [0.4, 0.5) is 13.2 Å². The lowest BCUT2D eigenvalue weighted by Gasteiger charge is -2.39. The number of hydrogen-bond donors (Lipinski definition) is 0. The lowest BCUT2D eigenvalue weighted by Crippen LogP contribution is -2.52. The summed E-state index contributed by atoms with van der Waals surface area (Å²) in [5, 5.41) is 9.26. The molecule has 132 valence electrons. The summed E-state index contributed by atoms with van der Waals surface area (Å²) in [5.41, 5.74) is -6.40. The van der Waals surface area contributed by atoms with Gasteiger partial charge in [0.1, 0.15) is 6.10 Å². The van der Waals surface area contributed by atoms with Gasteiger partial charge in [0.15, 0.2) is 6.04 Å². The van der Waals surface area contributed by atoms with E-state index < -0.39 is 45.0 Å². The second kappa shape index (κ2) is 5.37. The van der Waals surface area contributed by atoms with Gasteiger partial charge in [-0.25, -0.2) is 4.31 Å². The number of sulfonamides is 1. The van der Waals surface area contributed by atoms with Crippen molar-refractivity contribution >= 4 is 16.0 Å². The number of esters is 1. The molecule has 10 heteroatoms. The highest BCUT2D eigenvalue weighted by Crippen LogP contribution is 2.53. The van der Waals surface area contributed by atoms with Crippen molar-refractivity contribution in [3.63, 3.8) is 0 Å². The van der Waals surface area contributed by atoms with Crippen LogP contribution in [0.25, 0.3) is 0 Å². The van der Waals surface area contributed by atoms with Crippen molar-refractivity contribution in [2.75, 3.05) is 0 Å². The summed E-state index contributed by atoms with van der Waals surface area (Å²) < 4.78 is 67.0. The Morgan fingerprint density at radius 3 is 2.46 bits per heavy atom. The Balaban J connectivity index is 2.02. The summed E-state index contributed by atoms with van der Waals surface area (Å²) >= 11 is 0. The summed E-state index contributed by atoms with van der Waals surface area (Å²) in [6, 6.07) is -0.161. The van der Waals surface area contributed by atoms with Gasteiger partial charge in [0, 0.05) is 12.1 Å². The van der Waals surface area contributed by atoms with Crippen LogP contribution in [-0.2, 0) is 19.6 Å². The average Bonchev–Trinajstić information content (AvgIpc) is 2.78. The summed E-state index contributed by atoms with van der Waals surface area (Å²) in [7, 11) is -5.73. The largest absolute Gasteiger partial charge is 0.516 e. The first-order chi connectivity index (χ1) is 11.1. The predicted molar refractivity (Wildman–Crippen MR) is 74.2 cm³/mol. The summed E-state index contributed by atoms with van der Waals surface area (Å²) in [4.78, 5) is 12.4. The van der Waals surface area contributed by atoms with Crippen LogP contribution in [0.2, 0.25) is 0 Å². The molecule has 2 fully saturated rings. The van der Waals surface area contributed by atoms with Crippen molar-refractivity contribution in [1.29, 1.82) is 5.26 Å². The van der Waals surface area contributed by atoms with Gasteiger partial charge in [-0.2, -0.15) is 26.9 Å². The number of nitriles is 1. The third kappa shape index (κ3) is 2.21. The van der Waals surface area contributed by atoms with Crippen LogP contribution in [0.1, 0.15) is 32.1 Å². The molecular formula is C14H15F3N2O4S. The van der Waals surface area contributed by atoms with Gasteiger partial charge >= 0.3 is 21.5 Å². The fourth-order valence-corrected chi connectivity index (χ4v) is 4.87. The van der Waals surface area contributed by atoms with Gasteiger partial charge in [0.05, 0.1) is 11.5 Å². The monoisotopic (exact) mass is 364 g/mol. The van der Waals surface area contributed by atoms with Gasteiger partial charge in [-0.15, -0.1) is 0 Å². The molecule has 0 aromatic rings. The number of fused-ring (bicyclic) bond motifs is 2. The zero-order chi connectivity index (χ0) is 17.8. The predicted octanol–water partition coefficient (Wildman–Crippen LogP) is 2.05. The Hall–Kier alpha value is -1.76. The molecule has 1 saturated heterocycles. The van der Waals surface area contributed by atoms with Crippen molar-refractivity contribution in [2.24, 2.45) is 11.3 Å². The van der Waals surface area contributed by atoms with Crippen LogP contribution in [0.5, 0.6) is 0 Å². The minimum Gasteiger partial charge on any atom is -0.458 e. The third-order valence-corrected chi connectivity index (χ3v) is 6.60. The molecule has 1 spiro atoms. The quantitative estimate of drug-likeness (QED) is 0.665. The number of alkyl halides is 3. The van der Waals surface area contributed by atoms with Crippen LogP contribution >= 0.6 is 0 Å². The maximum absolute atomic E-state index is 12.8.